The number of likely N-dealkylation sites (tertiary alicyclic amines) is 1. The average molecular weight is 275 g/mol. The van der Waals surface area contributed by atoms with Crippen molar-refractivity contribution in [1.29, 1.82) is 0 Å². The molecule has 1 amide bonds. The van der Waals surface area contributed by atoms with Crippen LogP contribution in [0.4, 0.5) is 5.82 Å². The summed E-state index contributed by atoms with van der Waals surface area (Å²) in [5.41, 5.74) is 0. The van der Waals surface area contributed by atoms with E-state index in [0.717, 1.165) is 13.1 Å². The number of amides is 1. The van der Waals surface area contributed by atoms with Crippen LogP contribution in [0.1, 0.15) is 12.8 Å². The number of rotatable bonds is 3. The lowest BCUT2D eigenvalue weighted by Crippen LogP contribution is -3.11. The SMILES string of the molecule is O=C(C[NH+]1CCCC1)Nc1ncc(Cl)cc1Cl. The fourth-order valence-electron chi connectivity index (χ4n) is 1.96. The van der Waals surface area contributed by atoms with Crippen molar-refractivity contribution in [3.8, 4) is 0 Å². The molecule has 2 heterocycles. The molecule has 0 saturated carbocycles. The van der Waals surface area contributed by atoms with E-state index in [1.165, 1.54) is 23.9 Å². The topological polar surface area (TPSA) is 46.4 Å². The molecule has 0 aromatic carbocycles. The third kappa shape index (κ3) is 3.56. The Labute approximate surface area is 110 Å². The zero-order chi connectivity index (χ0) is 12.3. The first kappa shape index (κ1) is 12.6. The average Bonchev–Trinajstić information content (AvgIpc) is 2.75. The van der Waals surface area contributed by atoms with Crippen LogP contribution in [-0.2, 0) is 4.79 Å². The van der Waals surface area contributed by atoms with E-state index in [1.807, 2.05) is 0 Å². The Morgan fingerprint density at radius 3 is 2.76 bits per heavy atom. The van der Waals surface area contributed by atoms with Crippen LogP contribution in [0.25, 0.3) is 0 Å². The molecule has 92 valence electrons. The zero-order valence-electron chi connectivity index (χ0n) is 9.30. The van der Waals surface area contributed by atoms with Crippen LogP contribution < -0.4 is 10.2 Å². The summed E-state index contributed by atoms with van der Waals surface area (Å²) in [7, 11) is 0. The maximum Gasteiger partial charge on any atom is 0.280 e. The minimum atomic E-state index is -0.0568. The lowest BCUT2D eigenvalue weighted by molar-refractivity contribution is -0.878. The van der Waals surface area contributed by atoms with Crippen molar-refractivity contribution < 1.29 is 9.69 Å². The number of aromatic nitrogens is 1. The number of nitrogens with one attached hydrogen (secondary N) is 2. The summed E-state index contributed by atoms with van der Waals surface area (Å²) in [5, 5.41) is 3.52. The maximum absolute atomic E-state index is 11.7. The molecule has 0 spiro atoms. The molecule has 1 aliphatic rings. The summed E-state index contributed by atoms with van der Waals surface area (Å²) in [5.74, 6) is 0.318. The Hall–Kier alpha value is -0.840. The molecule has 0 bridgehead atoms. The molecule has 0 radical (unpaired) electrons. The van der Waals surface area contributed by atoms with Gasteiger partial charge in [-0.15, -0.1) is 0 Å². The lowest BCUT2D eigenvalue weighted by atomic mass is 10.4. The number of quaternary nitrogens is 1. The third-order valence-corrected chi connectivity index (χ3v) is 3.28. The molecule has 2 rings (SSSR count). The molecule has 4 nitrogen and oxygen atoms in total. The molecule has 1 fully saturated rings. The molecule has 6 heteroatoms. The van der Waals surface area contributed by atoms with Gasteiger partial charge in [0.1, 0.15) is 0 Å². The van der Waals surface area contributed by atoms with Crippen LogP contribution >= 0.6 is 23.2 Å². The highest BCUT2D eigenvalue weighted by atomic mass is 35.5. The molecule has 0 unspecified atom stereocenters. The van der Waals surface area contributed by atoms with Gasteiger partial charge in [-0.25, -0.2) is 4.98 Å². The Morgan fingerprint density at radius 1 is 1.41 bits per heavy atom. The number of nitrogens with zero attached hydrogens (tertiary/aromatic N) is 1. The first-order valence-electron chi connectivity index (χ1n) is 5.59. The predicted molar refractivity (Wildman–Crippen MR) is 67.7 cm³/mol. The van der Waals surface area contributed by atoms with Gasteiger partial charge in [0.2, 0.25) is 0 Å². The largest absolute Gasteiger partial charge is 0.327 e. The summed E-state index contributed by atoms with van der Waals surface area (Å²) in [6.45, 7) is 2.60. The van der Waals surface area contributed by atoms with E-state index in [2.05, 4.69) is 10.3 Å². The Balaban J connectivity index is 1.93. The minimum Gasteiger partial charge on any atom is -0.327 e. The number of carbonyl (C=O) groups is 1. The minimum absolute atomic E-state index is 0.0568. The predicted octanol–water partition coefficient (Wildman–Crippen LogP) is 1.01. The first-order valence-corrected chi connectivity index (χ1v) is 6.35. The van der Waals surface area contributed by atoms with Crippen molar-refractivity contribution in [2.24, 2.45) is 0 Å². The van der Waals surface area contributed by atoms with Crippen LogP contribution in [0.2, 0.25) is 10.0 Å². The fraction of sp³-hybridized carbons (Fsp3) is 0.455. The zero-order valence-corrected chi connectivity index (χ0v) is 10.8. The molecular weight excluding hydrogens is 261 g/mol. The van der Waals surface area contributed by atoms with Gasteiger partial charge in [-0.3, -0.25) is 4.79 Å². The molecular formula is C11H14Cl2N3O+. The number of halogens is 2. The Bertz CT molecular complexity index is 419. The molecule has 1 saturated heterocycles. The second kappa shape index (κ2) is 5.67. The van der Waals surface area contributed by atoms with Crippen molar-refractivity contribution in [2.75, 3.05) is 25.0 Å². The number of anilines is 1. The van der Waals surface area contributed by atoms with E-state index in [4.69, 9.17) is 23.2 Å². The second-order valence-corrected chi connectivity index (χ2v) is 5.01. The van der Waals surface area contributed by atoms with Crippen LogP contribution in [0.15, 0.2) is 12.3 Å². The Kier molecular flexibility index (Phi) is 4.20. The van der Waals surface area contributed by atoms with Gasteiger partial charge < -0.3 is 10.2 Å². The summed E-state index contributed by atoms with van der Waals surface area (Å²) >= 11 is 11.6. The van der Waals surface area contributed by atoms with Crippen molar-refractivity contribution >= 4 is 34.9 Å². The molecule has 17 heavy (non-hydrogen) atoms. The highest BCUT2D eigenvalue weighted by molar-refractivity contribution is 6.36. The molecule has 1 aromatic heterocycles. The van der Waals surface area contributed by atoms with Gasteiger partial charge in [0.05, 0.1) is 23.1 Å². The van der Waals surface area contributed by atoms with Crippen molar-refractivity contribution in [3.63, 3.8) is 0 Å². The molecule has 0 atom stereocenters. The number of hydrogen-bond donors (Lipinski definition) is 2. The van der Waals surface area contributed by atoms with Crippen molar-refractivity contribution in [3.05, 3.63) is 22.3 Å². The van der Waals surface area contributed by atoms with Gasteiger partial charge in [-0.1, -0.05) is 23.2 Å². The number of pyridine rings is 1. The van der Waals surface area contributed by atoms with E-state index in [9.17, 15) is 4.79 Å². The van der Waals surface area contributed by atoms with E-state index in [1.54, 1.807) is 6.07 Å². The normalized spacial score (nSPS) is 16.1. The summed E-state index contributed by atoms with van der Waals surface area (Å²) < 4.78 is 0. The standard InChI is InChI=1S/C11H13Cl2N3O/c12-8-5-9(13)11(14-6-8)15-10(17)7-16-3-1-2-4-16/h5-6H,1-4,7H2,(H,14,15,17)/p+1. The van der Waals surface area contributed by atoms with Gasteiger partial charge in [-0.05, 0) is 6.07 Å². The second-order valence-electron chi connectivity index (χ2n) is 4.17. The summed E-state index contributed by atoms with van der Waals surface area (Å²) in [4.78, 5) is 17.0. The molecule has 0 aliphatic carbocycles. The van der Waals surface area contributed by atoms with Gasteiger partial charge in [0.25, 0.3) is 5.91 Å². The van der Waals surface area contributed by atoms with Crippen LogP contribution in [0.3, 0.4) is 0 Å². The molecule has 1 aliphatic heterocycles. The lowest BCUT2D eigenvalue weighted by Gasteiger charge is -2.11. The van der Waals surface area contributed by atoms with Crippen LogP contribution in [0, 0.1) is 0 Å². The monoisotopic (exact) mass is 274 g/mol. The first-order chi connectivity index (χ1) is 8.15. The van der Waals surface area contributed by atoms with Crippen molar-refractivity contribution in [2.45, 2.75) is 12.8 Å². The third-order valence-electron chi connectivity index (χ3n) is 2.79. The van der Waals surface area contributed by atoms with Gasteiger partial charge in [0, 0.05) is 19.0 Å². The van der Waals surface area contributed by atoms with Gasteiger partial charge in [0.15, 0.2) is 12.4 Å². The fourth-order valence-corrected chi connectivity index (χ4v) is 2.39. The smallest absolute Gasteiger partial charge is 0.280 e. The Morgan fingerprint density at radius 2 is 2.12 bits per heavy atom. The van der Waals surface area contributed by atoms with Gasteiger partial charge in [-0.2, -0.15) is 0 Å². The maximum atomic E-state index is 11.7. The van der Waals surface area contributed by atoms with Crippen LogP contribution in [0.5, 0.6) is 0 Å². The van der Waals surface area contributed by atoms with E-state index < -0.39 is 0 Å². The molecule has 2 N–H and O–H groups in total. The number of hydrogen-bond acceptors (Lipinski definition) is 2. The van der Waals surface area contributed by atoms with Crippen LogP contribution in [-0.4, -0.2) is 30.5 Å². The highest BCUT2D eigenvalue weighted by Gasteiger charge is 2.19. The van der Waals surface area contributed by atoms with Gasteiger partial charge >= 0.3 is 0 Å². The molecule has 1 aromatic rings. The van der Waals surface area contributed by atoms with E-state index >= 15 is 0 Å². The number of carbonyl (C=O) groups excluding carboxylic acids is 1. The quantitative estimate of drug-likeness (QED) is 0.864. The van der Waals surface area contributed by atoms with E-state index in [0.29, 0.717) is 22.4 Å². The summed E-state index contributed by atoms with van der Waals surface area (Å²) in [6, 6.07) is 1.56. The highest BCUT2D eigenvalue weighted by Crippen LogP contribution is 2.22. The summed E-state index contributed by atoms with van der Waals surface area (Å²) in [6.07, 6.45) is 3.86. The van der Waals surface area contributed by atoms with Crippen molar-refractivity contribution in [1.82, 2.24) is 4.98 Å². The van der Waals surface area contributed by atoms with E-state index in [-0.39, 0.29) is 5.91 Å².